The lowest BCUT2D eigenvalue weighted by atomic mass is 9.66. The number of fused-ring (bicyclic) bond motifs is 1. The number of carboxylic acid groups (broad SMARTS) is 1. The van der Waals surface area contributed by atoms with Crippen LogP contribution >= 0.6 is 0 Å². The number of carboxylic acids is 1. The van der Waals surface area contributed by atoms with Crippen molar-refractivity contribution < 1.29 is 14.6 Å². The van der Waals surface area contributed by atoms with Crippen LogP contribution in [-0.2, 0) is 16.6 Å². The third-order valence-corrected chi connectivity index (χ3v) is 4.15. The van der Waals surface area contributed by atoms with Crippen LogP contribution in [0.2, 0.25) is 0 Å². The van der Waals surface area contributed by atoms with E-state index in [0.29, 0.717) is 0 Å². The van der Waals surface area contributed by atoms with E-state index in [1.165, 1.54) is 11.1 Å². The first-order valence-electron chi connectivity index (χ1n) is 6.50. The third kappa shape index (κ3) is 2.22. The summed E-state index contributed by atoms with van der Waals surface area (Å²) >= 11 is 0. The van der Waals surface area contributed by atoms with E-state index in [2.05, 4.69) is 19.1 Å². The van der Waals surface area contributed by atoms with E-state index < -0.39 is 5.97 Å². The van der Waals surface area contributed by atoms with E-state index >= 15 is 0 Å². The van der Waals surface area contributed by atoms with Crippen LogP contribution in [0.5, 0.6) is 5.75 Å². The molecule has 0 spiro atoms. The van der Waals surface area contributed by atoms with Crippen LogP contribution in [0.4, 0.5) is 0 Å². The van der Waals surface area contributed by atoms with E-state index in [4.69, 9.17) is 9.84 Å². The van der Waals surface area contributed by atoms with E-state index in [0.717, 1.165) is 31.4 Å². The summed E-state index contributed by atoms with van der Waals surface area (Å²) in [5, 5.41) is 9.16. The van der Waals surface area contributed by atoms with Crippen molar-refractivity contribution in [3.05, 3.63) is 29.3 Å². The number of hydrogen-bond acceptors (Lipinski definition) is 2. The van der Waals surface area contributed by atoms with Gasteiger partial charge in [-0.3, -0.25) is 4.79 Å². The zero-order chi connectivity index (χ0) is 13.2. The number of methoxy groups -OCH3 is 1. The van der Waals surface area contributed by atoms with Gasteiger partial charge in [-0.05, 0) is 48.9 Å². The van der Waals surface area contributed by atoms with E-state index in [-0.39, 0.29) is 11.8 Å². The average molecular weight is 248 g/mol. The maximum Gasteiger partial charge on any atom is 0.304 e. The van der Waals surface area contributed by atoms with Gasteiger partial charge in [0.05, 0.1) is 13.5 Å². The Labute approximate surface area is 108 Å². The van der Waals surface area contributed by atoms with Crippen LogP contribution in [0.3, 0.4) is 0 Å². The second-order valence-corrected chi connectivity index (χ2v) is 5.08. The normalized spacial score (nSPS) is 22.3. The minimum Gasteiger partial charge on any atom is -0.497 e. The van der Waals surface area contributed by atoms with Crippen LogP contribution < -0.4 is 4.74 Å². The fraction of sp³-hybridized carbons (Fsp3) is 0.533. The summed E-state index contributed by atoms with van der Waals surface area (Å²) < 4.78 is 5.25. The fourth-order valence-corrected chi connectivity index (χ4v) is 3.14. The number of aliphatic carboxylic acids is 1. The van der Waals surface area contributed by atoms with Gasteiger partial charge in [0.1, 0.15) is 5.75 Å². The molecule has 18 heavy (non-hydrogen) atoms. The topological polar surface area (TPSA) is 46.5 Å². The standard InChI is InChI=1S/C15H20O3/c1-3-15(10-14(16)17)8-4-5-11-9-12(18-2)6-7-13(11)15/h6-7,9H,3-5,8,10H2,1-2H3,(H,16,17). The first-order valence-corrected chi connectivity index (χ1v) is 6.50. The molecule has 0 aliphatic heterocycles. The summed E-state index contributed by atoms with van der Waals surface area (Å²) in [6.07, 6.45) is 4.14. The summed E-state index contributed by atoms with van der Waals surface area (Å²) in [5.41, 5.74) is 2.27. The molecule has 3 nitrogen and oxygen atoms in total. The lowest BCUT2D eigenvalue weighted by Gasteiger charge is -2.37. The minimum atomic E-state index is -0.708. The quantitative estimate of drug-likeness (QED) is 0.890. The van der Waals surface area contributed by atoms with Crippen molar-refractivity contribution in [3.63, 3.8) is 0 Å². The summed E-state index contributed by atoms with van der Waals surface area (Å²) in [6.45, 7) is 2.09. The average Bonchev–Trinajstić information content (AvgIpc) is 2.37. The molecule has 0 bridgehead atoms. The van der Waals surface area contributed by atoms with E-state index in [1.54, 1.807) is 7.11 Å². The van der Waals surface area contributed by atoms with Gasteiger partial charge in [-0.25, -0.2) is 0 Å². The number of carbonyl (C=O) groups is 1. The molecule has 0 aromatic heterocycles. The highest BCUT2D eigenvalue weighted by atomic mass is 16.5. The molecular weight excluding hydrogens is 228 g/mol. The second kappa shape index (κ2) is 5.01. The Balaban J connectivity index is 2.45. The Bertz CT molecular complexity index is 453. The molecule has 1 unspecified atom stereocenters. The van der Waals surface area contributed by atoms with Gasteiger partial charge < -0.3 is 9.84 Å². The van der Waals surface area contributed by atoms with Gasteiger partial charge in [-0.2, -0.15) is 0 Å². The maximum absolute atomic E-state index is 11.1. The first-order chi connectivity index (χ1) is 8.61. The van der Waals surface area contributed by atoms with Crippen LogP contribution in [-0.4, -0.2) is 18.2 Å². The zero-order valence-corrected chi connectivity index (χ0v) is 11.0. The Hall–Kier alpha value is -1.51. The molecule has 1 atom stereocenters. The van der Waals surface area contributed by atoms with Crippen molar-refractivity contribution >= 4 is 5.97 Å². The highest BCUT2D eigenvalue weighted by molar-refractivity contribution is 5.69. The zero-order valence-electron chi connectivity index (χ0n) is 11.0. The Morgan fingerprint density at radius 2 is 2.28 bits per heavy atom. The van der Waals surface area contributed by atoms with Crippen molar-refractivity contribution in [2.75, 3.05) is 7.11 Å². The molecular formula is C15H20O3. The fourth-order valence-electron chi connectivity index (χ4n) is 3.14. The molecule has 2 rings (SSSR count). The maximum atomic E-state index is 11.1. The molecule has 0 radical (unpaired) electrons. The lowest BCUT2D eigenvalue weighted by molar-refractivity contribution is -0.138. The molecule has 1 aromatic rings. The van der Waals surface area contributed by atoms with Gasteiger partial charge >= 0.3 is 5.97 Å². The Kier molecular flexibility index (Phi) is 3.60. The largest absolute Gasteiger partial charge is 0.497 e. The van der Waals surface area contributed by atoms with E-state index in [1.807, 2.05) is 6.07 Å². The van der Waals surface area contributed by atoms with Crippen LogP contribution in [0.25, 0.3) is 0 Å². The summed E-state index contributed by atoms with van der Waals surface area (Å²) in [7, 11) is 1.66. The van der Waals surface area contributed by atoms with Crippen molar-refractivity contribution in [3.8, 4) is 5.75 Å². The number of rotatable bonds is 4. The van der Waals surface area contributed by atoms with Gasteiger partial charge in [0.25, 0.3) is 0 Å². The molecule has 0 saturated carbocycles. The van der Waals surface area contributed by atoms with E-state index in [9.17, 15) is 4.79 Å². The van der Waals surface area contributed by atoms with Crippen LogP contribution in [0.1, 0.15) is 43.7 Å². The molecule has 1 aliphatic rings. The first kappa shape index (κ1) is 12.9. The van der Waals surface area contributed by atoms with Crippen molar-refractivity contribution in [1.82, 2.24) is 0 Å². The molecule has 1 N–H and O–H groups in total. The molecule has 1 aliphatic carbocycles. The molecule has 0 fully saturated rings. The summed E-state index contributed by atoms with van der Waals surface area (Å²) in [6, 6.07) is 6.05. The lowest BCUT2D eigenvalue weighted by Crippen LogP contribution is -2.32. The van der Waals surface area contributed by atoms with Gasteiger partial charge in [0.2, 0.25) is 0 Å². The number of hydrogen-bond donors (Lipinski definition) is 1. The molecule has 0 heterocycles. The van der Waals surface area contributed by atoms with Crippen molar-refractivity contribution in [2.24, 2.45) is 0 Å². The Morgan fingerprint density at radius 3 is 2.89 bits per heavy atom. The van der Waals surface area contributed by atoms with Crippen LogP contribution in [0, 0.1) is 0 Å². The SMILES string of the molecule is CCC1(CC(=O)O)CCCc2cc(OC)ccc21. The monoisotopic (exact) mass is 248 g/mol. The minimum absolute atomic E-state index is 0.189. The smallest absolute Gasteiger partial charge is 0.304 e. The molecule has 1 aromatic carbocycles. The second-order valence-electron chi connectivity index (χ2n) is 5.08. The number of benzene rings is 1. The highest BCUT2D eigenvalue weighted by Gasteiger charge is 2.37. The van der Waals surface area contributed by atoms with Gasteiger partial charge in [0, 0.05) is 5.41 Å². The van der Waals surface area contributed by atoms with Crippen molar-refractivity contribution in [1.29, 1.82) is 0 Å². The Morgan fingerprint density at radius 1 is 1.50 bits per heavy atom. The van der Waals surface area contributed by atoms with Gasteiger partial charge in [-0.1, -0.05) is 13.0 Å². The number of ether oxygens (including phenoxy) is 1. The predicted octanol–water partition coefficient (Wildman–Crippen LogP) is 3.15. The van der Waals surface area contributed by atoms with Gasteiger partial charge in [-0.15, -0.1) is 0 Å². The van der Waals surface area contributed by atoms with Crippen molar-refractivity contribution in [2.45, 2.75) is 44.4 Å². The molecule has 0 amide bonds. The van der Waals surface area contributed by atoms with Crippen LogP contribution in [0.15, 0.2) is 18.2 Å². The molecule has 3 heteroatoms. The highest BCUT2D eigenvalue weighted by Crippen LogP contribution is 2.43. The van der Waals surface area contributed by atoms with Gasteiger partial charge in [0.15, 0.2) is 0 Å². The predicted molar refractivity (Wildman–Crippen MR) is 70.2 cm³/mol. The number of aryl methyl sites for hydroxylation is 1. The summed E-state index contributed by atoms with van der Waals surface area (Å²) in [5.74, 6) is 0.150. The molecule has 98 valence electrons. The summed E-state index contributed by atoms with van der Waals surface area (Å²) in [4.78, 5) is 11.1. The third-order valence-electron chi connectivity index (χ3n) is 4.15. The molecule has 0 saturated heterocycles.